The van der Waals surface area contributed by atoms with Gasteiger partial charge in [-0.15, -0.1) is 0 Å². The molecule has 2 rings (SSSR count). The van der Waals surface area contributed by atoms with Crippen LogP contribution in [0.3, 0.4) is 0 Å². The first-order valence-corrected chi connectivity index (χ1v) is 8.79. The molecular formula is C19H29N3O3. The summed E-state index contributed by atoms with van der Waals surface area (Å²) >= 11 is 0. The van der Waals surface area contributed by atoms with Gasteiger partial charge in [-0.1, -0.05) is 17.7 Å². The van der Waals surface area contributed by atoms with E-state index in [-0.39, 0.29) is 30.1 Å². The SMILES string of the molecule is Cc1ccc(OCC(=O)NC2CCN(C(=O)NC(C)(C)C)CC2)cc1. The number of rotatable bonds is 4. The second-order valence-corrected chi connectivity index (χ2v) is 7.61. The van der Waals surface area contributed by atoms with Crippen LogP contribution < -0.4 is 15.4 Å². The average molecular weight is 347 g/mol. The van der Waals surface area contributed by atoms with E-state index in [1.165, 1.54) is 0 Å². The smallest absolute Gasteiger partial charge is 0.317 e. The number of nitrogens with zero attached hydrogens (tertiary/aromatic N) is 1. The lowest BCUT2D eigenvalue weighted by Crippen LogP contribution is -2.53. The summed E-state index contributed by atoms with van der Waals surface area (Å²) in [5, 5.41) is 5.95. The van der Waals surface area contributed by atoms with Gasteiger partial charge < -0.3 is 20.3 Å². The molecule has 0 aromatic heterocycles. The lowest BCUT2D eigenvalue weighted by molar-refractivity contribution is -0.124. The summed E-state index contributed by atoms with van der Waals surface area (Å²) in [6, 6.07) is 7.66. The standard InChI is InChI=1S/C19H29N3O3/c1-14-5-7-16(8-6-14)25-13-17(23)20-15-9-11-22(12-10-15)18(24)21-19(2,3)4/h5-8,15H,9-13H2,1-4H3,(H,20,23)(H,21,24). The molecule has 0 spiro atoms. The predicted molar refractivity (Wildman–Crippen MR) is 97.7 cm³/mol. The Morgan fingerprint density at radius 2 is 1.76 bits per heavy atom. The molecule has 1 aromatic rings. The highest BCUT2D eigenvalue weighted by molar-refractivity contribution is 5.78. The van der Waals surface area contributed by atoms with E-state index in [1.807, 2.05) is 52.0 Å². The molecule has 25 heavy (non-hydrogen) atoms. The third-order valence-corrected chi connectivity index (χ3v) is 4.02. The zero-order valence-electron chi connectivity index (χ0n) is 15.6. The molecule has 138 valence electrons. The monoisotopic (exact) mass is 347 g/mol. The molecule has 0 saturated carbocycles. The molecule has 0 radical (unpaired) electrons. The molecule has 0 bridgehead atoms. The Labute approximate surface area is 149 Å². The number of amides is 3. The van der Waals surface area contributed by atoms with Crippen LogP contribution in [-0.2, 0) is 4.79 Å². The molecular weight excluding hydrogens is 318 g/mol. The van der Waals surface area contributed by atoms with Gasteiger partial charge in [0.2, 0.25) is 0 Å². The van der Waals surface area contributed by atoms with Crippen molar-refractivity contribution in [1.29, 1.82) is 0 Å². The van der Waals surface area contributed by atoms with Crippen molar-refractivity contribution < 1.29 is 14.3 Å². The molecule has 1 heterocycles. The zero-order chi connectivity index (χ0) is 18.4. The van der Waals surface area contributed by atoms with Crippen molar-refractivity contribution in [3.8, 4) is 5.75 Å². The van der Waals surface area contributed by atoms with Gasteiger partial charge >= 0.3 is 6.03 Å². The fraction of sp³-hybridized carbons (Fsp3) is 0.579. The van der Waals surface area contributed by atoms with Crippen LogP contribution in [0.15, 0.2) is 24.3 Å². The maximum atomic E-state index is 12.1. The molecule has 1 aliphatic rings. The summed E-state index contributed by atoms with van der Waals surface area (Å²) < 4.78 is 5.49. The van der Waals surface area contributed by atoms with Crippen LogP contribution in [0.2, 0.25) is 0 Å². The number of likely N-dealkylation sites (tertiary alicyclic amines) is 1. The van der Waals surface area contributed by atoms with Gasteiger partial charge in [-0.2, -0.15) is 0 Å². The van der Waals surface area contributed by atoms with Gasteiger partial charge in [-0.3, -0.25) is 4.79 Å². The number of hydrogen-bond acceptors (Lipinski definition) is 3. The molecule has 0 aliphatic carbocycles. The maximum absolute atomic E-state index is 12.1. The number of urea groups is 1. The minimum Gasteiger partial charge on any atom is -0.484 e. The van der Waals surface area contributed by atoms with Crippen LogP contribution >= 0.6 is 0 Å². The Bertz CT molecular complexity index is 585. The Hall–Kier alpha value is -2.24. The third-order valence-electron chi connectivity index (χ3n) is 4.02. The third kappa shape index (κ3) is 6.64. The van der Waals surface area contributed by atoms with Crippen LogP contribution in [0.5, 0.6) is 5.75 Å². The van der Waals surface area contributed by atoms with Crippen molar-refractivity contribution in [3.63, 3.8) is 0 Å². The van der Waals surface area contributed by atoms with Crippen LogP contribution in [0.4, 0.5) is 4.79 Å². The number of benzene rings is 1. The number of carbonyl (C=O) groups is 2. The molecule has 1 fully saturated rings. The van der Waals surface area contributed by atoms with E-state index < -0.39 is 0 Å². The predicted octanol–water partition coefficient (Wildman–Crippen LogP) is 2.46. The number of aryl methyl sites for hydroxylation is 1. The average Bonchev–Trinajstić information content (AvgIpc) is 2.53. The highest BCUT2D eigenvalue weighted by atomic mass is 16.5. The first-order chi connectivity index (χ1) is 11.7. The van der Waals surface area contributed by atoms with Gasteiger partial charge in [0.25, 0.3) is 5.91 Å². The second kappa shape index (κ2) is 8.23. The summed E-state index contributed by atoms with van der Waals surface area (Å²) in [5.74, 6) is 0.563. The first kappa shape index (κ1) is 19.1. The molecule has 0 atom stereocenters. The highest BCUT2D eigenvalue weighted by Crippen LogP contribution is 2.13. The van der Waals surface area contributed by atoms with Gasteiger partial charge in [0.1, 0.15) is 5.75 Å². The van der Waals surface area contributed by atoms with Crippen molar-refractivity contribution in [2.75, 3.05) is 19.7 Å². The normalized spacial score (nSPS) is 15.6. The van der Waals surface area contributed by atoms with Crippen molar-refractivity contribution in [3.05, 3.63) is 29.8 Å². The number of hydrogen-bond donors (Lipinski definition) is 2. The molecule has 1 aromatic carbocycles. The fourth-order valence-electron chi connectivity index (χ4n) is 2.68. The molecule has 6 nitrogen and oxygen atoms in total. The number of carbonyl (C=O) groups excluding carboxylic acids is 2. The summed E-state index contributed by atoms with van der Waals surface area (Å²) in [4.78, 5) is 26.0. The van der Waals surface area contributed by atoms with Gasteiger partial charge in [0.15, 0.2) is 6.61 Å². The molecule has 3 amide bonds. The second-order valence-electron chi connectivity index (χ2n) is 7.61. The minimum atomic E-state index is -0.241. The van der Waals surface area contributed by atoms with Crippen LogP contribution in [-0.4, -0.2) is 48.1 Å². The van der Waals surface area contributed by atoms with E-state index in [0.29, 0.717) is 18.8 Å². The van der Waals surface area contributed by atoms with E-state index in [9.17, 15) is 9.59 Å². The van der Waals surface area contributed by atoms with Crippen LogP contribution in [0, 0.1) is 6.92 Å². The topological polar surface area (TPSA) is 70.7 Å². The van der Waals surface area contributed by atoms with E-state index in [1.54, 1.807) is 4.90 Å². The molecule has 0 unspecified atom stereocenters. The summed E-state index contributed by atoms with van der Waals surface area (Å²) in [6.07, 6.45) is 1.52. The summed E-state index contributed by atoms with van der Waals surface area (Å²) in [7, 11) is 0. The van der Waals surface area contributed by atoms with E-state index in [2.05, 4.69) is 10.6 Å². The van der Waals surface area contributed by atoms with Gasteiger partial charge in [0, 0.05) is 24.7 Å². The Morgan fingerprint density at radius 1 is 1.16 bits per heavy atom. The van der Waals surface area contributed by atoms with Crippen molar-refractivity contribution in [1.82, 2.24) is 15.5 Å². The number of ether oxygens (including phenoxy) is 1. The lowest BCUT2D eigenvalue weighted by Gasteiger charge is -2.34. The summed E-state index contributed by atoms with van der Waals surface area (Å²) in [6.45, 7) is 9.19. The summed E-state index contributed by atoms with van der Waals surface area (Å²) in [5.41, 5.74) is 0.911. The van der Waals surface area contributed by atoms with Crippen molar-refractivity contribution in [2.45, 2.75) is 52.1 Å². The first-order valence-electron chi connectivity index (χ1n) is 8.79. The van der Waals surface area contributed by atoms with Gasteiger partial charge in [0.05, 0.1) is 0 Å². The fourth-order valence-corrected chi connectivity index (χ4v) is 2.68. The zero-order valence-corrected chi connectivity index (χ0v) is 15.6. The van der Waals surface area contributed by atoms with Crippen LogP contribution in [0.25, 0.3) is 0 Å². The Kier molecular flexibility index (Phi) is 6.28. The van der Waals surface area contributed by atoms with E-state index in [0.717, 1.165) is 18.4 Å². The molecule has 2 N–H and O–H groups in total. The highest BCUT2D eigenvalue weighted by Gasteiger charge is 2.25. The Balaban J connectivity index is 1.69. The van der Waals surface area contributed by atoms with Crippen molar-refractivity contribution >= 4 is 11.9 Å². The van der Waals surface area contributed by atoms with E-state index >= 15 is 0 Å². The van der Waals surface area contributed by atoms with Crippen LogP contribution in [0.1, 0.15) is 39.2 Å². The van der Waals surface area contributed by atoms with E-state index in [4.69, 9.17) is 4.74 Å². The minimum absolute atomic E-state index is 0.00772. The van der Waals surface area contributed by atoms with Gasteiger partial charge in [-0.25, -0.2) is 4.79 Å². The molecule has 6 heteroatoms. The Morgan fingerprint density at radius 3 is 2.32 bits per heavy atom. The lowest BCUT2D eigenvalue weighted by atomic mass is 10.0. The number of piperidine rings is 1. The van der Waals surface area contributed by atoms with Gasteiger partial charge in [-0.05, 0) is 52.7 Å². The quantitative estimate of drug-likeness (QED) is 0.879. The maximum Gasteiger partial charge on any atom is 0.317 e. The van der Waals surface area contributed by atoms with Crippen molar-refractivity contribution in [2.24, 2.45) is 0 Å². The molecule has 1 aliphatic heterocycles. The number of nitrogens with one attached hydrogen (secondary N) is 2. The largest absolute Gasteiger partial charge is 0.484 e. The molecule has 1 saturated heterocycles.